The van der Waals surface area contributed by atoms with Crippen molar-refractivity contribution in [1.29, 1.82) is 0 Å². The molecule has 6 heteroatoms. The molecule has 0 aromatic carbocycles. The minimum atomic E-state index is -0.135. The fourth-order valence-electron chi connectivity index (χ4n) is 1.83. The first-order valence-corrected chi connectivity index (χ1v) is 6.94. The zero-order chi connectivity index (χ0) is 13.4. The first-order chi connectivity index (χ1) is 8.69. The summed E-state index contributed by atoms with van der Waals surface area (Å²) >= 11 is 5.37. The van der Waals surface area contributed by atoms with Gasteiger partial charge in [-0.2, -0.15) is 0 Å². The molecule has 106 valence electrons. The third-order valence-electron chi connectivity index (χ3n) is 2.92. The minimum Gasteiger partial charge on any atom is -0.394 e. The molecule has 1 heterocycles. The van der Waals surface area contributed by atoms with Crippen molar-refractivity contribution >= 4 is 17.3 Å². The third kappa shape index (κ3) is 5.06. The van der Waals surface area contributed by atoms with E-state index in [2.05, 4.69) is 17.1 Å². The van der Waals surface area contributed by atoms with Crippen LogP contribution in [0.3, 0.4) is 0 Å². The zero-order valence-electron chi connectivity index (χ0n) is 11.2. The van der Waals surface area contributed by atoms with E-state index in [1.54, 1.807) is 0 Å². The van der Waals surface area contributed by atoms with Gasteiger partial charge in [-0.15, -0.1) is 0 Å². The molecule has 1 fully saturated rings. The van der Waals surface area contributed by atoms with Crippen LogP contribution in [0.4, 0.5) is 0 Å². The van der Waals surface area contributed by atoms with E-state index in [0.29, 0.717) is 13.2 Å². The Labute approximate surface area is 114 Å². The number of ether oxygens (including phenoxy) is 2. The highest BCUT2D eigenvalue weighted by atomic mass is 32.1. The van der Waals surface area contributed by atoms with Crippen molar-refractivity contribution in [2.75, 3.05) is 39.5 Å². The maximum Gasteiger partial charge on any atom is 0.169 e. The van der Waals surface area contributed by atoms with Gasteiger partial charge in [0.25, 0.3) is 0 Å². The number of aliphatic hydroxyl groups is 1. The van der Waals surface area contributed by atoms with Crippen LogP contribution in [-0.2, 0) is 9.47 Å². The molecule has 2 N–H and O–H groups in total. The predicted octanol–water partition coefficient (Wildman–Crippen LogP) is 0.369. The summed E-state index contributed by atoms with van der Waals surface area (Å²) in [6.07, 6.45) is 0.806. The molecule has 1 aliphatic rings. The highest BCUT2D eigenvalue weighted by Crippen LogP contribution is 2.11. The highest BCUT2D eigenvalue weighted by molar-refractivity contribution is 7.80. The largest absolute Gasteiger partial charge is 0.394 e. The highest BCUT2D eigenvalue weighted by Gasteiger charge is 2.27. The van der Waals surface area contributed by atoms with E-state index in [4.69, 9.17) is 26.8 Å². The average molecular weight is 276 g/mol. The topological polar surface area (TPSA) is 54.0 Å². The molecule has 0 amide bonds. The number of rotatable bonds is 6. The summed E-state index contributed by atoms with van der Waals surface area (Å²) in [5.41, 5.74) is 0. The molecule has 0 radical (unpaired) electrons. The fraction of sp³-hybridized carbons (Fsp3) is 0.917. The Balaban J connectivity index is 2.26. The van der Waals surface area contributed by atoms with E-state index >= 15 is 0 Å². The van der Waals surface area contributed by atoms with Crippen molar-refractivity contribution < 1.29 is 14.6 Å². The Hall–Kier alpha value is -0.430. The van der Waals surface area contributed by atoms with Gasteiger partial charge in [-0.05, 0) is 32.5 Å². The lowest BCUT2D eigenvalue weighted by Gasteiger charge is -2.39. The van der Waals surface area contributed by atoms with Crippen LogP contribution in [0.25, 0.3) is 0 Å². The van der Waals surface area contributed by atoms with Crippen LogP contribution >= 0.6 is 12.2 Å². The molecular formula is C12H24N2O3S. The quantitative estimate of drug-likeness (QED) is 0.540. The zero-order valence-corrected chi connectivity index (χ0v) is 12.0. The van der Waals surface area contributed by atoms with Crippen LogP contribution in [0.2, 0.25) is 0 Å². The van der Waals surface area contributed by atoms with Gasteiger partial charge in [-0.25, -0.2) is 0 Å². The third-order valence-corrected chi connectivity index (χ3v) is 3.29. The molecule has 0 aromatic heterocycles. The SMILES string of the molecule is CCOCCCNC(=S)N1CC(CO)OCC1C. The van der Waals surface area contributed by atoms with E-state index < -0.39 is 0 Å². The molecule has 0 saturated carbocycles. The van der Waals surface area contributed by atoms with Gasteiger partial charge < -0.3 is 24.8 Å². The van der Waals surface area contributed by atoms with Crippen molar-refractivity contribution in [3.63, 3.8) is 0 Å². The summed E-state index contributed by atoms with van der Waals surface area (Å²) in [6.45, 7) is 7.67. The lowest BCUT2D eigenvalue weighted by molar-refractivity contribution is -0.0561. The summed E-state index contributed by atoms with van der Waals surface area (Å²) in [7, 11) is 0. The Morgan fingerprint density at radius 2 is 2.39 bits per heavy atom. The van der Waals surface area contributed by atoms with E-state index in [0.717, 1.165) is 31.3 Å². The van der Waals surface area contributed by atoms with Gasteiger partial charge >= 0.3 is 0 Å². The van der Waals surface area contributed by atoms with Gasteiger partial charge in [0.15, 0.2) is 5.11 Å². The van der Waals surface area contributed by atoms with Gasteiger partial charge in [0.2, 0.25) is 0 Å². The fourth-order valence-corrected chi connectivity index (χ4v) is 2.18. The van der Waals surface area contributed by atoms with E-state index in [1.165, 1.54) is 0 Å². The molecule has 5 nitrogen and oxygen atoms in total. The second kappa shape index (κ2) is 8.63. The van der Waals surface area contributed by atoms with Crippen molar-refractivity contribution in [2.45, 2.75) is 32.4 Å². The Morgan fingerprint density at radius 1 is 1.61 bits per heavy atom. The smallest absolute Gasteiger partial charge is 0.169 e. The minimum absolute atomic E-state index is 0.0379. The summed E-state index contributed by atoms with van der Waals surface area (Å²) in [5, 5.41) is 13.1. The molecule has 0 aromatic rings. The number of morpholine rings is 1. The number of hydrogen-bond acceptors (Lipinski definition) is 4. The number of aliphatic hydroxyl groups excluding tert-OH is 1. The molecule has 0 bridgehead atoms. The van der Waals surface area contributed by atoms with E-state index in [1.807, 2.05) is 6.92 Å². The van der Waals surface area contributed by atoms with E-state index in [9.17, 15) is 0 Å². The molecular weight excluding hydrogens is 252 g/mol. The number of nitrogens with one attached hydrogen (secondary N) is 1. The van der Waals surface area contributed by atoms with Crippen molar-refractivity contribution in [2.24, 2.45) is 0 Å². The van der Waals surface area contributed by atoms with Crippen LogP contribution in [-0.4, -0.2) is 66.8 Å². The summed E-state index contributed by atoms with van der Waals surface area (Å²) in [4.78, 5) is 2.08. The molecule has 2 unspecified atom stereocenters. The van der Waals surface area contributed by atoms with Gasteiger partial charge in [0.05, 0.1) is 25.4 Å². The Kier molecular flexibility index (Phi) is 7.50. The summed E-state index contributed by atoms with van der Waals surface area (Å²) in [5.74, 6) is 0. The van der Waals surface area contributed by atoms with Crippen LogP contribution in [0.5, 0.6) is 0 Å². The standard InChI is InChI=1S/C12H24N2O3S/c1-3-16-6-4-5-13-12(18)14-7-11(8-15)17-9-10(14)2/h10-11,15H,3-9H2,1-2H3,(H,13,18). The van der Waals surface area contributed by atoms with Crippen molar-refractivity contribution in [3.8, 4) is 0 Å². The van der Waals surface area contributed by atoms with Gasteiger partial charge in [-0.1, -0.05) is 0 Å². The monoisotopic (exact) mass is 276 g/mol. The second-order valence-corrected chi connectivity index (χ2v) is 4.81. The first-order valence-electron chi connectivity index (χ1n) is 6.53. The first kappa shape index (κ1) is 15.6. The molecule has 0 aliphatic carbocycles. The number of thiocarbonyl (C=S) groups is 1. The van der Waals surface area contributed by atoms with Crippen LogP contribution in [0, 0.1) is 0 Å². The molecule has 0 spiro atoms. The second-order valence-electron chi connectivity index (χ2n) is 4.42. The predicted molar refractivity (Wildman–Crippen MR) is 74.7 cm³/mol. The Bertz CT molecular complexity index is 253. The van der Waals surface area contributed by atoms with Crippen LogP contribution in [0.15, 0.2) is 0 Å². The Morgan fingerprint density at radius 3 is 3.06 bits per heavy atom. The molecule has 1 aliphatic heterocycles. The number of nitrogens with zero attached hydrogens (tertiary/aromatic N) is 1. The van der Waals surface area contributed by atoms with Crippen LogP contribution in [0.1, 0.15) is 20.3 Å². The maximum atomic E-state index is 9.12. The molecule has 1 rings (SSSR count). The van der Waals surface area contributed by atoms with Gasteiger partial charge in [-0.3, -0.25) is 0 Å². The van der Waals surface area contributed by atoms with Gasteiger partial charge in [0, 0.05) is 26.3 Å². The van der Waals surface area contributed by atoms with E-state index in [-0.39, 0.29) is 18.8 Å². The summed E-state index contributed by atoms with van der Waals surface area (Å²) in [6, 6.07) is 0.250. The molecule has 18 heavy (non-hydrogen) atoms. The number of hydrogen-bond donors (Lipinski definition) is 2. The van der Waals surface area contributed by atoms with Crippen molar-refractivity contribution in [3.05, 3.63) is 0 Å². The van der Waals surface area contributed by atoms with Crippen molar-refractivity contribution in [1.82, 2.24) is 10.2 Å². The molecule has 2 atom stereocenters. The average Bonchev–Trinajstić information content (AvgIpc) is 2.39. The maximum absolute atomic E-state index is 9.12. The normalized spacial score (nSPS) is 24.1. The summed E-state index contributed by atoms with van der Waals surface area (Å²) < 4.78 is 10.7. The lowest BCUT2D eigenvalue weighted by Crippen LogP contribution is -2.55. The lowest BCUT2D eigenvalue weighted by atomic mass is 10.2. The van der Waals surface area contributed by atoms with Crippen LogP contribution < -0.4 is 5.32 Å². The molecule has 1 saturated heterocycles. The van der Waals surface area contributed by atoms with Gasteiger partial charge in [0.1, 0.15) is 0 Å².